The quantitative estimate of drug-likeness (QED) is 0.839. The Bertz CT molecular complexity index is 482. The van der Waals surface area contributed by atoms with Gasteiger partial charge in [-0.25, -0.2) is 4.39 Å². The molecule has 0 atom stereocenters. The molecule has 2 rings (SSSR count). The summed E-state index contributed by atoms with van der Waals surface area (Å²) >= 11 is 5.94. The summed E-state index contributed by atoms with van der Waals surface area (Å²) in [7, 11) is 0. The van der Waals surface area contributed by atoms with Crippen LogP contribution < -0.4 is 5.32 Å². The third-order valence-corrected chi connectivity index (χ3v) is 3.03. The zero-order valence-electron chi connectivity index (χ0n) is 9.87. The first-order valence-corrected chi connectivity index (χ1v) is 6.17. The van der Waals surface area contributed by atoms with Gasteiger partial charge in [0.05, 0.1) is 0 Å². The van der Waals surface area contributed by atoms with Crippen LogP contribution in [0.4, 0.5) is 4.39 Å². The van der Waals surface area contributed by atoms with Crippen molar-refractivity contribution in [1.82, 2.24) is 10.3 Å². The summed E-state index contributed by atoms with van der Waals surface area (Å²) in [5.74, 6) is -0.267. The highest BCUT2D eigenvalue weighted by Gasteiger charge is 2.05. The molecule has 4 heteroatoms. The van der Waals surface area contributed by atoms with Crippen molar-refractivity contribution in [2.45, 2.75) is 13.0 Å². The molecule has 0 unspecified atom stereocenters. The SMILES string of the molecule is Fc1cccc(Cl)c1CNCCc1cccnc1. The summed E-state index contributed by atoms with van der Waals surface area (Å²) < 4.78 is 13.5. The number of rotatable bonds is 5. The topological polar surface area (TPSA) is 24.9 Å². The number of halogens is 2. The molecule has 1 aromatic heterocycles. The van der Waals surface area contributed by atoms with Crippen molar-refractivity contribution in [2.75, 3.05) is 6.54 Å². The highest BCUT2D eigenvalue weighted by Crippen LogP contribution is 2.18. The van der Waals surface area contributed by atoms with Gasteiger partial charge in [0.2, 0.25) is 0 Å². The molecule has 0 aliphatic heterocycles. The zero-order valence-corrected chi connectivity index (χ0v) is 10.6. The Morgan fingerprint density at radius 1 is 1.22 bits per heavy atom. The van der Waals surface area contributed by atoms with E-state index in [9.17, 15) is 4.39 Å². The molecule has 94 valence electrons. The van der Waals surface area contributed by atoms with E-state index in [2.05, 4.69) is 10.3 Å². The van der Waals surface area contributed by atoms with Gasteiger partial charge in [-0.15, -0.1) is 0 Å². The van der Waals surface area contributed by atoms with E-state index in [0.29, 0.717) is 17.1 Å². The second-order valence-corrected chi connectivity index (χ2v) is 4.40. The lowest BCUT2D eigenvalue weighted by Crippen LogP contribution is -2.17. The number of hydrogen-bond acceptors (Lipinski definition) is 2. The van der Waals surface area contributed by atoms with Crippen molar-refractivity contribution in [3.63, 3.8) is 0 Å². The fraction of sp³-hybridized carbons (Fsp3) is 0.214. The Labute approximate surface area is 111 Å². The summed E-state index contributed by atoms with van der Waals surface area (Å²) in [5, 5.41) is 3.64. The van der Waals surface area contributed by atoms with Crippen LogP contribution in [0.15, 0.2) is 42.7 Å². The summed E-state index contributed by atoms with van der Waals surface area (Å²) in [6, 6.07) is 8.65. The van der Waals surface area contributed by atoms with E-state index >= 15 is 0 Å². The molecule has 0 saturated carbocycles. The lowest BCUT2D eigenvalue weighted by molar-refractivity contribution is 0.588. The predicted molar refractivity (Wildman–Crippen MR) is 71.1 cm³/mol. The van der Waals surface area contributed by atoms with Gasteiger partial charge in [-0.3, -0.25) is 4.98 Å². The maximum absolute atomic E-state index is 13.5. The van der Waals surface area contributed by atoms with Gasteiger partial charge in [0.15, 0.2) is 0 Å². The smallest absolute Gasteiger partial charge is 0.129 e. The van der Waals surface area contributed by atoms with Gasteiger partial charge < -0.3 is 5.32 Å². The minimum absolute atomic E-state index is 0.267. The summed E-state index contributed by atoms with van der Waals surface area (Å²) in [4.78, 5) is 4.04. The molecule has 0 aliphatic rings. The molecule has 2 aromatic rings. The van der Waals surface area contributed by atoms with Crippen molar-refractivity contribution in [3.8, 4) is 0 Å². The van der Waals surface area contributed by atoms with E-state index in [-0.39, 0.29) is 5.82 Å². The monoisotopic (exact) mass is 264 g/mol. The normalized spacial score (nSPS) is 10.6. The van der Waals surface area contributed by atoms with E-state index < -0.39 is 0 Å². The number of hydrogen-bond donors (Lipinski definition) is 1. The van der Waals surface area contributed by atoms with Crippen LogP contribution in [-0.2, 0) is 13.0 Å². The third kappa shape index (κ3) is 3.52. The highest BCUT2D eigenvalue weighted by molar-refractivity contribution is 6.31. The lowest BCUT2D eigenvalue weighted by Gasteiger charge is -2.07. The van der Waals surface area contributed by atoms with Gasteiger partial charge in [-0.05, 0) is 36.7 Å². The van der Waals surface area contributed by atoms with Crippen LogP contribution in [0.3, 0.4) is 0 Å². The maximum atomic E-state index is 13.5. The van der Waals surface area contributed by atoms with Gasteiger partial charge in [0.1, 0.15) is 5.82 Å². The maximum Gasteiger partial charge on any atom is 0.129 e. The standard InChI is InChI=1S/C14H14ClFN2/c15-13-4-1-5-14(16)12(13)10-18-8-6-11-3-2-7-17-9-11/h1-5,7,9,18H,6,8,10H2. The van der Waals surface area contributed by atoms with Crippen LogP contribution >= 0.6 is 11.6 Å². The second-order valence-electron chi connectivity index (χ2n) is 3.99. The molecule has 18 heavy (non-hydrogen) atoms. The first kappa shape index (κ1) is 13.0. The first-order valence-electron chi connectivity index (χ1n) is 5.80. The average Bonchev–Trinajstić information content (AvgIpc) is 2.38. The highest BCUT2D eigenvalue weighted by atomic mass is 35.5. The minimum Gasteiger partial charge on any atom is -0.312 e. The second kappa shape index (κ2) is 6.47. The van der Waals surface area contributed by atoms with Gasteiger partial charge in [-0.1, -0.05) is 23.7 Å². The summed E-state index contributed by atoms with van der Waals surface area (Å²) in [6.45, 7) is 1.20. The minimum atomic E-state index is -0.267. The van der Waals surface area contributed by atoms with Crippen LogP contribution in [0.2, 0.25) is 5.02 Å². The van der Waals surface area contributed by atoms with Crippen LogP contribution in [0, 0.1) is 5.82 Å². The number of benzene rings is 1. The molecular weight excluding hydrogens is 251 g/mol. The van der Waals surface area contributed by atoms with E-state index in [1.54, 1.807) is 18.3 Å². The number of aromatic nitrogens is 1. The van der Waals surface area contributed by atoms with Gasteiger partial charge >= 0.3 is 0 Å². The van der Waals surface area contributed by atoms with Crippen LogP contribution in [-0.4, -0.2) is 11.5 Å². The fourth-order valence-corrected chi connectivity index (χ4v) is 1.92. The molecule has 1 aromatic carbocycles. The van der Waals surface area contributed by atoms with Gasteiger partial charge in [0.25, 0.3) is 0 Å². The molecular formula is C14H14ClFN2. The molecule has 2 nitrogen and oxygen atoms in total. The summed E-state index contributed by atoms with van der Waals surface area (Å²) in [5.41, 5.74) is 1.68. The van der Waals surface area contributed by atoms with E-state index in [0.717, 1.165) is 18.5 Å². The third-order valence-electron chi connectivity index (χ3n) is 2.68. The van der Waals surface area contributed by atoms with E-state index in [1.807, 2.05) is 18.3 Å². The molecule has 0 spiro atoms. The van der Waals surface area contributed by atoms with Crippen molar-refractivity contribution >= 4 is 11.6 Å². The molecule has 0 bridgehead atoms. The van der Waals surface area contributed by atoms with Gasteiger partial charge in [-0.2, -0.15) is 0 Å². The molecule has 0 saturated heterocycles. The molecule has 0 fully saturated rings. The molecule has 1 N–H and O–H groups in total. The largest absolute Gasteiger partial charge is 0.312 e. The molecule has 0 amide bonds. The Kier molecular flexibility index (Phi) is 4.67. The zero-order chi connectivity index (χ0) is 12.8. The predicted octanol–water partition coefficient (Wildman–Crippen LogP) is 3.21. The molecule has 0 aliphatic carbocycles. The molecule has 1 heterocycles. The van der Waals surface area contributed by atoms with E-state index in [1.165, 1.54) is 6.07 Å². The van der Waals surface area contributed by atoms with Crippen LogP contribution in [0.25, 0.3) is 0 Å². The van der Waals surface area contributed by atoms with Crippen LogP contribution in [0.5, 0.6) is 0 Å². The summed E-state index contributed by atoms with van der Waals surface area (Å²) in [6.07, 6.45) is 4.44. The Hall–Kier alpha value is -1.45. The average molecular weight is 265 g/mol. The van der Waals surface area contributed by atoms with Crippen molar-refractivity contribution < 1.29 is 4.39 Å². The van der Waals surface area contributed by atoms with Crippen LogP contribution in [0.1, 0.15) is 11.1 Å². The van der Waals surface area contributed by atoms with E-state index in [4.69, 9.17) is 11.6 Å². The van der Waals surface area contributed by atoms with Crippen molar-refractivity contribution in [3.05, 3.63) is 64.7 Å². The Morgan fingerprint density at radius 2 is 2.11 bits per heavy atom. The fourth-order valence-electron chi connectivity index (χ4n) is 1.69. The van der Waals surface area contributed by atoms with Gasteiger partial charge in [0, 0.05) is 29.5 Å². The first-order chi connectivity index (χ1) is 8.77. The lowest BCUT2D eigenvalue weighted by atomic mass is 10.2. The number of nitrogens with one attached hydrogen (secondary N) is 1. The van der Waals surface area contributed by atoms with Crippen molar-refractivity contribution in [2.24, 2.45) is 0 Å². The molecule has 0 radical (unpaired) electrons. The number of pyridine rings is 1. The Balaban J connectivity index is 1.82. The Morgan fingerprint density at radius 3 is 2.83 bits per heavy atom. The van der Waals surface area contributed by atoms with Crippen molar-refractivity contribution in [1.29, 1.82) is 0 Å². The number of nitrogens with zero attached hydrogens (tertiary/aromatic N) is 1.